The third-order valence-electron chi connectivity index (χ3n) is 8.91. The summed E-state index contributed by atoms with van der Waals surface area (Å²) in [7, 11) is 0. The van der Waals surface area contributed by atoms with Gasteiger partial charge < -0.3 is 61.6 Å². The van der Waals surface area contributed by atoms with Crippen molar-refractivity contribution in [1.29, 1.82) is 0 Å². The van der Waals surface area contributed by atoms with Crippen molar-refractivity contribution in [2.45, 2.75) is 130 Å². The second kappa shape index (κ2) is 54.5. The van der Waals surface area contributed by atoms with Crippen LogP contribution in [0.2, 0.25) is 0 Å². The van der Waals surface area contributed by atoms with E-state index in [4.69, 9.17) is 61.6 Å². The zero-order valence-corrected chi connectivity index (χ0v) is 37.9. The van der Waals surface area contributed by atoms with Crippen LogP contribution in [0.5, 0.6) is 0 Å². The second-order valence-electron chi connectivity index (χ2n) is 14.6. The lowest BCUT2D eigenvalue weighted by molar-refractivity contribution is -0.0298. The highest BCUT2D eigenvalue weighted by molar-refractivity contribution is 4.50. The lowest BCUT2D eigenvalue weighted by Gasteiger charge is -2.09. The summed E-state index contributed by atoms with van der Waals surface area (Å²) in [5, 5.41) is 0. The van der Waals surface area contributed by atoms with E-state index in [2.05, 4.69) is 6.92 Å². The van der Waals surface area contributed by atoms with Crippen LogP contribution in [0.15, 0.2) is 0 Å². The van der Waals surface area contributed by atoms with Crippen molar-refractivity contribution in [1.82, 2.24) is 0 Å². The molecule has 0 aliphatic heterocycles. The molecule has 13 heteroatoms. The lowest BCUT2D eigenvalue weighted by atomic mass is 10.0. The molecule has 0 N–H and O–H groups in total. The third kappa shape index (κ3) is 55.5. The number of ether oxygens (including phenoxy) is 13. The summed E-state index contributed by atoms with van der Waals surface area (Å²) in [6.07, 6.45) is 22.4. The lowest BCUT2D eigenvalue weighted by Crippen LogP contribution is -2.15. The minimum Gasteiger partial charge on any atom is -0.379 e. The molecule has 0 atom stereocenters. The Labute approximate surface area is 355 Å². The Morgan fingerprint density at radius 3 is 0.586 bits per heavy atom. The first-order valence-corrected chi connectivity index (χ1v) is 23.3. The van der Waals surface area contributed by atoms with Gasteiger partial charge >= 0.3 is 0 Å². The van der Waals surface area contributed by atoms with Crippen molar-refractivity contribution < 1.29 is 61.6 Å². The SMILES string of the molecule is CCCCCCCCCCCCCCCCCCOCCOCCOCCOCCOCCOCCOCCOCCOCCOCCOCCOCCOC(C)C. The van der Waals surface area contributed by atoms with Crippen LogP contribution < -0.4 is 0 Å². The van der Waals surface area contributed by atoms with Gasteiger partial charge in [0.1, 0.15) is 0 Å². The van der Waals surface area contributed by atoms with E-state index in [0.29, 0.717) is 159 Å². The maximum atomic E-state index is 5.70. The standard InChI is InChI=1S/C45H92O13/c1-4-5-6-7-8-9-10-11-12-13-14-15-16-17-18-19-20-46-21-22-47-23-24-48-25-26-49-27-28-50-29-30-51-31-32-52-33-34-53-35-36-54-37-38-55-39-40-56-41-42-57-43-44-58-45(2)3/h45H,4-44H2,1-3H3. The molecule has 0 aliphatic carbocycles. The van der Waals surface area contributed by atoms with Gasteiger partial charge in [-0.05, 0) is 20.3 Å². The van der Waals surface area contributed by atoms with Crippen molar-refractivity contribution in [2.75, 3.05) is 165 Å². The molecule has 0 rings (SSSR count). The van der Waals surface area contributed by atoms with E-state index in [1.165, 1.54) is 96.3 Å². The summed E-state index contributed by atoms with van der Waals surface area (Å²) in [6, 6.07) is 0. The first-order valence-electron chi connectivity index (χ1n) is 23.3. The fraction of sp³-hybridized carbons (Fsp3) is 1.00. The van der Waals surface area contributed by atoms with Crippen LogP contribution in [0.25, 0.3) is 0 Å². The van der Waals surface area contributed by atoms with E-state index in [1.807, 2.05) is 13.8 Å². The second-order valence-corrected chi connectivity index (χ2v) is 14.6. The zero-order chi connectivity index (χ0) is 41.8. The van der Waals surface area contributed by atoms with Crippen LogP contribution >= 0.6 is 0 Å². The van der Waals surface area contributed by atoms with Crippen molar-refractivity contribution in [2.24, 2.45) is 0 Å². The molecule has 0 amide bonds. The van der Waals surface area contributed by atoms with Crippen LogP contribution in [0, 0.1) is 0 Å². The molecule has 0 fully saturated rings. The monoisotopic (exact) mass is 841 g/mol. The molecular weight excluding hydrogens is 748 g/mol. The molecule has 350 valence electrons. The van der Waals surface area contributed by atoms with Gasteiger partial charge in [0.2, 0.25) is 0 Å². The number of unbranched alkanes of at least 4 members (excludes halogenated alkanes) is 15. The summed E-state index contributed by atoms with van der Waals surface area (Å²) in [6.45, 7) is 20.2. The Morgan fingerprint density at radius 2 is 0.379 bits per heavy atom. The highest BCUT2D eigenvalue weighted by Crippen LogP contribution is 2.13. The molecule has 0 aromatic carbocycles. The fourth-order valence-electron chi connectivity index (χ4n) is 5.62. The molecule has 0 radical (unpaired) electrons. The van der Waals surface area contributed by atoms with Crippen molar-refractivity contribution >= 4 is 0 Å². The van der Waals surface area contributed by atoms with Gasteiger partial charge in [-0.1, -0.05) is 103 Å². The topological polar surface area (TPSA) is 120 Å². The molecule has 0 heterocycles. The van der Waals surface area contributed by atoms with E-state index in [0.717, 1.165) is 13.0 Å². The van der Waals surface area contributed by atoms with Gasteiger partial charge in [-0.15, -0.1) is 0 Å². The maximum Gasteiger partial charge on any atom is 0.0703 e. The molecule has 0 spiro atoms. The largest absolute Gasteiger partial charge is 0.379 e. The Morgan fingerprint density at radius 1 is 0.207 bits per heavy atom. The quantitative estimate of drug-likeness (QED) is 0.0554. The van der Waals surface area contributed by atoms with Gasteiger partial charge in [0.05, 0.1) is 165 Å². The number of hydrogen-bond acceptors (Lipinski definition) is 13. The molecule has 0 unspecified atom stereocenters. The van der Waals surface area contributed by atoms with Gasteiger partial charge in [-0.2, -0.15) is 0 Å². The van der Waals surface area contributed by atoms with Crippen molar-refractivity contribution in [3.63, 3.8) is 0 Å². The van der Waals surface area contributed by atoms with Crippen molar-refractivity contribution in [3.05, 3.63) is 0 Å². The molecule has 0 bridgehead atoms. The van der Waals surface area contributed by atoms with E-state index in [9.17, 15) is 0 Å². The average molecular weight is 841 g/mol. The smallest absolute Gasteiger partial charge is 0.0703 e. The fourth-order valence-corrected chi connectivity index (χ4v) is 5.62. The van der Waals surface area contributed by atoms with Crippen LogP contribution in [-0.4, -0.2) is 171 Å². The summed E-state index contributed by atoms with van der Waals surface area (Å²) >= 11 is 0. The number of rotatable bonds is 54. The van der Waals surface area contributed by atoms with Crippen LogP contribution in [-0.2, 0) is 61.6 Å². The minimum atomic E-state index is 0.231. The third-order valence-corrected chi connectivity index (χ3v) is 8.91. The van der Waals surface area contributed by atoms with Gasteiger partial charge in [0, 0.05) is 6.61 Å². The predicted octanol–water partition coefficient (Wildman–Crippen LogP) is 7.87. The first kappa shape index (κ1) is 57.5. The Kier molecular flexibility index (Phi) is 54.0. The minimum absolute atomic E-state index is 0.231. The highest BCUT2D eigenvalue weighted by Gasteiger charge is 1.99. The normalized spacial score (nSPS) is 11.8. The van der Waals surface area contributed by atoms with E-state index >= 15 is 0 Å². The van der Waals surface area contributed by atoms with E-state index in [-0.39, 0.29) is 6.10 Å². The molecule has 0 aromatic heterocycles. The van der Waals surface area contributed by atoms with Gasteiger partial charge in [0.25, 0.3) is 0 Å². The zero-order valence-electron chi connectivity index (χ0n) is 37.9. The highest BCUT2D eigenvalue weighted by atomic mass is 16.6. The predicted molar refractivity (Wildman–Crippen MR) is 230 cm³/mol. The first-order chi connectivity index (χ1) is 28.8. The summed E-state index contributed by atoms with van der Waals surface area (Å²) in [5.41, 5.74) is 0. The van der Waals surface area contributed by atoms with Crippen LogP contribution in [0.4, 0.5) is 0 Å². The molecule has 58 heavy (non-hydrogen) atoms. The van der Waals surface area contributed by atoms with Gasteiger partial charge in [0.15, 0.2) is 0 Å². The Hall–Kier alpha value is -0.520. The molecule has 0 saturated carbocycles. The summed E-state index contributed by atoms with van der Waals surface area (Å²) in [5.74, 6) is 0. The maximum absolute atomic E-state index is 5.70. The molecule has 0 saturated heterocycles. The molecular formula is C45H92O13. The Balaban J connectivity index is 3.06. The molecule has 0 aliphatic rings. The number of hydrogen-bond donors (Lipinski definition) is 0. The van der Waals surface area contributed by atoms with E-state index < -0.39 is 0 Å². The summed E-state index contributed by atoms with van der Waals surface area (Å²) in [4.78, 5) is 0. The van der Waals surface area contributed by atoms with Crippen LogP contribution in [0.3, 0.4) is 0 Å². The van der Waals surface area contributed by atoms with E-state index in [1.54, 1.807) is 0 Å². The Bertz CT molecular complexity index is 707. The van der Waals surface area contributed by atoms with Gasteiger partial charge in [-0.25, -0.2) is 0 Å². The molecule has 0 aromatic rings. The summed E-state index contributed by atoms with van der Waals surface area (Å²) < 4.78 is 71.7. The molecule has 13 nitrogen and oxygen atoms in total. The van der Waals surface area contributed by atoms with Gasteiger partial charge in [-0.3, -0.25) is 0 Å². The van der Waals surface area contributed by atoms with Crippen LogP contribution in [0.1, 0.15) is 124 Å². The van der Waals surface area contributed by atoms with Crippen molar-refractivity contribution in [3.8, 4) is 0 Å². The average Bonchev–Trinajstić information content (AvgIpc) is 3.22.